The number of methoxy groups -OCH3 is 1. The van der Waals surface area contributed by atoms with Crippen molar-refractivity contribution in [3.63, 3.8) is 0 Å². The molecule has 21 heavy (non-hydrogen) atoms. The van der Waals surface area contributed by atoms with E-state index in [9.17, 15) is 13.2 Å². The van der Waals surface area contributed by atoms with E-state index in [1.165, 1.54) is 13.2 Å². The average Bonchev–Trinajstić information content (AvgIpc) is 2.41. The van der Waals surface area contributed by atoms with Gasteiger partial charge >= 0.3 is 6.18 Å². The molecule has 0 aromatic heterocycles. The molecule has 1 aromatic carbocycles. The summed E-state index contributed by atoms with van der Waals surface area (Å²) in [6, 6.07) is 5.26. The highest BCUT2D eigenvalue weighted by molar-refractivity contribution is 5.43. The Morgan fingerprint density at radius 3 is 2.33 bits per heavy atom. The molecule has 0 amide bonds. The molecule has 0 spiro atoms. The van der Waals surface area contributed by atoms with E-state index in [2.05, 4.69) is 26.1 Å². The Morgan fingerprint density at radius 2 is 1.81 bits per heavy atom. The van der Waals surface area contributed by atoms with E-state index >= 15 is 0 Å². The third-order valence-electron chi connectivity index (χ3n) is 3.25. The first-order valence-electron chi connectivity index (χ1n) is 6.82. The van der Waals surface area contributed by atoms with Gasteiger partial charge in [-0.05, 0) is 30.5 Å². The standard InChI is InChI=1S/C15H22F3NO2/c1-10(2)11(3)19-8-12-5-6-13(14(7-12)20-4)21-9-15(16,17)18/h5-7,10-11,19H,8-9H2,1-4H3. The van der Waals surface area contributed by atoms with Crippen LogP contribution in [0.3, 0.4) is 0 Å². The lowest BCUT2D eigenvalue weighted by Crippen LogP contribution is -2.30. The number of benzene rings is 1. The van der Waals surface area contributed by atoms with Crippen LogP contribution < -0.4 is 14.8 Å². The summed E-state index contributed by atoms with van der Waals surface area (Å²) in [5.74, 6) is 0.896. The van der Waals surface area contributed by atoms with E-state index in [4.69, 9.17) is 9.47 Å². The van der Waals surface area contributed by atoms with Gasteiger partial charge in [0.2, 0.25) is 0 Å². The lowest BCUT2D eigenvalue weighted by atomic mass is 10.1. The molecule has 6 heteroatoms. The van der Waals surface area contributed by atoms with E-state index < -0.39 is 12.8 Å². The van der Waals surface area contributed by atoms with Gasteiger partial charge in [0.05, 0.1) is 7.11 Å². The van der Waals surface area contributed by atoms with Gasteiger partial charge in [0.25, 0.3) is 0 Å². The summed E-state index contributed by atoms with van der Waals surface area (Å²) in [4.78, 5) is 0. The number of nitrogens with one attached hydrogen (secondary N) is 1. The zero-order valence-electron chi connectivity index (χ0n) is 12.8. The van der Waals surface area contributed by atoms with Gasteiger partial charge in [-0.2, -0.15) is 13.2 Å². The monoisotopic (exact) mass is 305 g/mol. The number of rotatable bonds is 7. The maximum absolute atomic E-state index is 12.2. The van der Waals surface area contributed by atoms with E-state index in [0.717, 1.165) is 5.56 Å². The quantitative estimate of drug-likeness (QED) is 0.832. The molecule has 0 heterocycles. The molecule has 1 N–H and O–H groups in total. The van der Waals surface area contributed by atoms with Crippen molar-refractivity contribution in [3.8, 4) is 11.5 Å². The Labute approximate surface area is 123 Å². The minimum absolute atomic E-state index is 0.0930. The van der Waals surface area contributed by atoms with Crippen molar-refractivity contribution in [2.24, 2.45) is 5.92 Å². The Balaban J connectivity index is 2.70. The Hall–Kier alpha value is -1.43. The van der Waals surface area contributed by atoms with Crippen molar-refractivity contribution in [1.29, 1.82) is 0 Å². The summed E-state index contributed by atoms with van der Waals surface area (Å²) in [7, 11) is 1.41. The normalized spacial score (nSPS) is 13.3. The summed E-state index contributed by atoms with van der Waals surface area (Å²) in [6.45, 7) is 5.61. The fourth-order valence-corrected chi connectivity index (χ4v) is 1.62. The van der Waals surface area contributed by atoms with Gasteiger partial charge < -0.3 is 14.8 Å². The van der Waals surface area contributed by atoms with E-state index in [1.807, 2.05) is 0 Å². The molecule has 0 fully saturated rings. The molecule has 0 radical (unpaired) electrons. The van der Waals surface area contributed by atoms with Crippen molar-refractivity contribution in [2.75, 3.05) is 13.7 Å². The lowest BCUT2D eigenvalue weighted by molar-refractivity contribution is -0.153. The number of hydrogen-bond donors (Lipinski definition) is 1. The highest BCUT2D eigenvalue weighted by Crippen LogP contribution is 2.29. The van der Waals surface area contributed by atoms with Gasteiger partial charge in [0, 0.05) is 12.6 Å². The molecule has 1 rings (SSSR count). The van der Waals surface area contributed by atoms with Crippen LogP contribution in [0, 0.1) is 5.92 Å². The Kier molecular flexibility index (Phi) is 6.33. The summed E-state index contributed by atoms with van der Waals surface area (Å²) in [6.07, 6.45) is -4.36. The SMILES string of the molecule is COc1cc(CNC(C)C(C)C)ccc1OCC(F)(F)F. The first-order chi connectivity index (χ1) is 9.73. The third-order valence-corrected chi connectivity index (χ3v) is 3.25. The predicted molar refractivity (Wildman–Crippen MR) is 75.7 cm³/mol. The van der Waals surface area contributed by atoms with Crippen molar-refractivity contribution < 1.29 is 22.6 Å². The van der Waals surface area contributed by atoms with Crippen LogP contribution in [0.1, 0.15) is 26.3 Å². The molecule has 0 aliphatic carbocycles. The van der Waals surface area contributed by atoms with Crippen molar-refractivity contribution in [1.82, 2.24) is 5.32 Å². The average molecular weight is 305 g/mol. The van der Waals surface area contributed by atoms with Gasteiger partial charge in [-0.3, -0.25) is 0 Å². The first kappa shape index (κ1) is 17.6. The molecule has 0 saturated heterocycles. The third kappa shape index (κ3) is 6.25. The molecule has 0 bridgehead atoms. The largest absolute Gasteiger partial charge is 0.493 e. The summed E-state index contributed by atoms with van der Waals surface area (Å²) >= 11 is 0. The molecular formula is C15H22F3NO2. The topological polar surface area (TPSA) is 30.5 Å². The molecule has 1 unspecified atom stereocenters. The molecule has 3 nitrogen and oxygen atoms in total. The van der Waals surface area contributed by atoms with Crippen LogP contribution in [-0.2, 0) is 6.54 Å². The molecule has 0 aliphatic rings. The zero-order chi connectivity index (χ0) is 16.0. The molecule has 0 aliphatic heterocycles. The van der Waals surface area contributed by atoms with Gasteiger partial charge in [-0.25, -0.2) is 0 Å². The van der Waals surface area contributed by atoms with Crippen LogP contribution in [-0.4, -0.2) is 25.9 Å². The molecular weight excluding hydrogens is 283 g/mol. The lowest BCUT2D eigenvalue weighted by Gasteiger charge is -2.18. The van der Waals surface area contributed by atoms with Crippen molar-refractivity contribution in [3.05, 3.63) is 23.8 Å². The molecule has 1 aromatic rings. The molecule has 0 saturated carbocycles. The second kappa shape index (κ2) is 7.54. The van der Waals surface area contributed by atoms with E-state index in [-0.39, 0.29) is 5.75 Å². The number of halogens is 3. The number of hydrogen-bond acceptors (Lipinski definition) is 3. The van der Waals surface area contributed by atoms with Gasteiger partial charge in [-0.1, -0.05) is 19.9 Å². The van der Waals surface area contributed by atoms with E-state index in [1.54, 1.807) is 12.1 Å². The van der Waals surface area contributed by atoms with Crippen molar-refractivity contribution >= 4 is 0 Å². The van der Waals surface area contributed by atoms with Crippen LogP contribution in [0.2, 0.25) is 0 Å². The van der Waals surface area contributed by atoms with Gasteiger partial charge in [0.1, 0.15) is 0 Å². The minimum atomic E-state index is -4.36. The second-order valence-electron chi connectivity index (χ2n) is 5.30. The van der Waals surface area contributed by atoms with Crippen LogP contribution >= 0.6 is 0 Å². The maximum Gasteiger partial charge on any atom is 0.422 e. The Bertz CT molecular complexity index is 447. The van der Waals surface area contributed by atoms with E-state index in [0.29, 0.717) is 24.3 Å². The van der Waals surface area contributed by atoms with Crippen LogP contribution in [0.4, 0.5) is 13.2 Å². The highest BCUT2D eigenvalue weighted by atomic mass is 19.4. The Morgan fingerprint density at radius 1 is 1.14 bits per heavy atom. The van der Waals surface area contributed by atoms with Crippen LogP contribution in [0.25, 0.3) is 0 Å². The minimum Gasteiger partial charge on any atom is -0.493 e. The maximum atomic E-state index is 12.2. The number of alkyl halides is 3. The first-order valence-corrected chi connectivity index (χ1v) is 6.82. The molecule has 120 valence electrons. The summed E-state index contributed by atoms with van der Waals surface area (Å²) in [5.41, 5.74) is 0.929. The zero-order valence-corrected chi connectivity index (χ0v) is 12.8. The smallest absolute Gasteiger partial charge is 0.422 e. The highest BCUT2D eigenvalue weighted by Gasteiger charge is 2.29. The second-order valence-corrected chi connectivity index (χ2v) is 5.30. The van der Waals surface area contributed by atoms with Crippen LogP contribution in [0.15, 0.2) is 18.2 Å². The van der Waals surface area contributed by atoms with Gasteiger partial charge in [-0.15, -0.1) is 0 Å². The fourth-order valence-electron chi connectivity index (χ4n) is 1.62. The van der Waals surface area contributed by atoms with Crippen molar-refractivity contribution in [2.45, 2.75) is 39.5 Å². The predicted octanol–water partition coefficient (Wildman–Crippen LogP) is 3.77. The summed E-state index contributed by atoms with van der Waals surface area (Å²) in [5, 5.41) is 3.35. The number of ether oxygens (including phenoxy) is 2. The fraction of sp³-hybridized carbons (Fsp3) is 0.600. The van der Waals surface area contributed by atoms with Gasteiger partial charge in [0.15, 0.2) is 18.1 Å². The molecule has 1 atom stereocenters. The summed E-state index contributed by atoms with van der Waals surface area (Å²) < 4.78 is 46.3. The van der Waals surface area contributed by atoms with Crippen LogP contribution in [0.5, 0.6) is 11.5 Å².